The molecule has 0 aliphatic heterocycles. The van der Waals surface area contributed by atoms with Crippen molar-refractivity contribution in [2.45, 2.75) is 43.7 Å². The van der Waals surface area contributed by atoms with E-state index in [-0.39, 0.29) is 11.2 Å². The van der Waals surface area contributed by atoms with Crippen molar-refractivity contribution in [2.75, 3.05) is 5.84 Å². The SMILES string of the molecule is CC(C)(C)c1nc(CSc2nnc(-c3ccc(OC(F)F)cc3)n2N)no1. The van der Waals surface area contributed by atoms with E-state index >= 15 is 0 Å². The third-order valence-corrected chi connectivity index (χ3v) is 4.38. The largest absolute Gasteiger partial charge is 0.435 e. The standard InChI is InChI=1S/C16H18F2N6O2S/c1-16(2,3)13-20-11(23-26-13)8-27-15-22-21-12(24(15)19)9-4-6-10(7-5-9)25-14(17)18/h4-7,14H,8,19H2,1-3H3. The Balaban J connectivity index is 1.69. The van der Waals surface area contributed by atoms with Gasteiger partial charge in [-0.1, -0.05) is 37.7 Å². The van der Waals surface area contributed by atoms with Crippen molar-refractivity contribution in [3.8, 4) is 17.1 Å². The first-order valence-corrected chi connectivity index (χ1v) is 8.94. The second kappa shape index (κ2) is 7.51. The number of aromatic nitrogens is 5. The highest BCUT2D eigenvalue weighted by molar-refractivity contribution is 7.98. The van der Waals surface area contributed by atoms with E-state index in [0.717, 1.165) is 0 Å². The Kier molecular flexibility index (Phi) is 5.31. The van der Waals surface area contributed by atoms with E-state index in [4.69, 9.17) is 10.4 Å². The first-order valence-electron chi connectivity index (χ1n) is 7.95. The zero-order valence-electron chi connectivity index (χ0n) is 14.9. The Morgan fingerprint density at radius 2 is 1.93 bits per heavy atom. The molecule has 2 heterocycles. The van der Waals surface area contributed by atoms with Gasteiger partial charge in [0, 0.05) is 11.0 Å². The van der Waals surface area contributed by atoms with Gasteiger partial charge < -0.3 is 15.1 Å². The lowest BCUT2D eigenvalue weighted by atomic mass is 9.97. The summed E-state index contributed by atoms with van der Waals surface area (Å²) in [6, 6.07) is 5.98. The average molecular weight is 396 g/mol. The van der Waals surface area contributed by atoms with Crippen LogP contribution in [0.15, 0.2) is 33.9 Å². The minimum absolute atomic E-state index is 0.0539. The van der Waals surface area contributed by atoms with Crippen molar-refractivity contribution < 1.29 is 18.0 Å². The Hall–Kier alpha value is -2.69. The molecule has 11 heteroatoms. The van der Waals surface area contributed by atoms with Crippen LogP contribution in [-0.4, -0.2) is 31.6 Å². The Morgan fingerprint density at radius 1 is 1.22 bits per heavy atom. The molecule has 0 aliphatic carbocycles. The van der Waals surface area contributed by atoms with Gasteiger partial charge in [-0.2, -0.15) is 13.8 Å². The molecule has 0 radical (unpaired) electrons. The van der Waals surface area contributed by atoms with Gasteiger partial charge in [0.05, 0.1) is 5.75 Å². The number of thioether (sulfide) groups is 1. The highest BCUT2D eigenvalue weighted by Crippen LogP contribution is 2.26. The molecule has 0 saturated heterocycles. The number of hydrogen-bond donors (Lipinski definition) is 1. The smallest absolute Gasteiger partial charge is 0.387 e. The lowest BCUT2D eigenvalue weighted by Crippen LogP contribution is -2.12. The second-order valence-electron chi connectivity index (χ2n) is 6.63. The zero-order chi connectivity index (χ0) is 19.6. The van der Waals surface area contributed by atoms with E-state index < -0.39 is 6.61 Å². The molecule has 0 atom stereocenters. The summed E-state index contributed by atoms with van der Waals surface area (Å²) in [5.41, 5.74) is 0.394. The molecule has 0 amide bonds. The van der Waals surface area contributed by atoms with Gasteiger partial charge in [0.2, 0.25) is 11.0 Å². The van der Waals surface area contributed by atoms with Gasteiger partial charge in [-0.15, -0.1) is 10.2 Å². The predicted molar refractivity (Wildman–Crippen MR) is 94.8 cm³/mol. The first kappa shape index (κ1) is 19.1. The molecular weight excluding hydrogens is 378 g/mol. The van der Waals surface area contributed by atoms with Crippen molar-refractivity contribution in [1.82, 2.24) is 25.0 Å². The van der Waals surface area contributed by atoms with E-state index in [9.17, 15) is 8.78 Å². The maximum Gasteiger partial charge on any atom is 0.387 e. The van der Waals surface area contributed by atoms with Crippen molar-refractivity contribution in [3.63, 3.8) is 0 Å². The maximum absolute atomic E-state index is 12.2. The van der Waals surface area contributed by atoms with Gasteiger partial charge in [0.15, 0.2) is 11.6 Å². The number of nitrogens with zero attached hydrogens (tertiary/aromatic N) is 5. The number of rotatable bonds is 6. The van der Waals surface area contributed by atoms with Crippen LogP contribution in [-0.2, 0) is 11.2 Å². The Bertz CT molecular complexity index is 905. The van der Waals surface area contributed by atoms with Crippen molar-refractivity contribution in [3.05, 3.63) is 36.0 Å². The van der Waals surface area contributed by atoms with Crippen molar-refractivity contribution in [1.29, 1.82) is 0 Å². The number of halogens is 2. The minimum Gasteiger partial charge on any atom is -0.435 e. The number of alkyl halides is 2. The second-order valence-corrected chi connectivity index (χ2v) is 7.58. The van der Waals surface area contributed by atoms with E-state index in [1.807, 2.05) is 20.8 Å². The van der Waals surface area contributed by atoms with Gasteiger partial charge in [-0.3, -0.25) is 0 Å². The van der Waals surface area contributed by atoms with Crippen LogP contribution in [0.1, 0.15) is 32.5 Å². The number of nitrogen functional groups attached to an aromatic ring is 1. The van der Waals surface area contributed by atoms with Crippen LogP contribution in [0.25, 0.3) is 11.4 Å². The molecule has 27 heavy (non-hydrogen) atoms. The molecule has 2 aromatic heterocycles. The fraction of sp³-hybridized carbons (Fsp3) is 0.375. The highest BCUT2D eigenvalue weighted by atomic mass is 32.2. The van der Waals surface area contributed by atoms with Crippen LogP contribution in [0.3, 0.4) is 0 Å². The molecule has 144 valence electrons. The molecule has 0 saturated carbocycles. The maximum atomic E-state index is 12.2. The molecule has 2 N–H and O–H groups in total. The van der Waals surface area contributed by atoms with E-state index in [1.165, 1.54) is 28.6 Å². The Morgan fingerprint density at radius 3 is 2.52 bits per heavy atom. The Labute approximate surface area is 158 Å². The van der Waals surface area contributed by atoms with E-state index in [1.54, 1.807) is 12.1 Å². The summed E-state index contributed by atoms with van der Waals surface area (Å²) in [4.78, 5) is 4.35. The predicted octanol–water partition coefficient (Wildman–Crippen LogP) is 3.23. The summed E-state index contributed by atoms with van der Waals surface area (Å²) in [7, 11) is 0. The van der Waals surface area contributed by atoms with E-state index in [2.05, 4.69) is 25.1 Å². The monoisotopic (exact) mass is 396 g/mol. The molecule has 0 fully saturated rings. The number of ether oxygens (including phenoxy) is 1. The van der Waals surface area contributed by atoms with Crippen LogP contribution in [0.2, 0.25) is 0 Å². The van der Waals surface area contributed by atoms with Gasteiger partial charge >= 0.3 is 6.61 Å². The van der Waals surface area contributed by atoms with Crippen LogP contribution in [0.4, 0.5) is 8.78 Å². The van der Waals surface area contributed by atoms with Crippen molar-refractivity contribution >= 4 is 11.8 Å². The molecular formula is C16H18F2N6O2S. The summed E-state index contributed by atoms with van der Waals surface area (Å²) in [5.74, 6) is 7.99. The lowest BCUT2D eigenvalue weighted by molar-refractivity contribution is -0.0498. The molecule has 3 rings (SSSR count). The number of nitrogens with two attached hydrogens (primary N) is 1. The molecule has 0 aliphatic rings. The summed E-state index contributed by atoms with van der Waals surface area (Å²) in [6.45, 7) is 3.08. The van der Waals surface area contributed by atoms with Crippen LogP contribution in [0.5, 0.6) is 5.75 Å². The van der Waals surface area contributed by atoms with Gasteiger partial charge in [0.25, 0.3) is 0 Å². The van der Waals surface area contributed by atoms with Crippen LogP contribution < -0.4 is 10.6 Å². The molecule has 0 bridgehead atoms. The van der Waals surface area contributed by atoms with Gasteiger partial charge in [0.1, 0.15) is 5.75 Å². The molecule has 8 nitrogen and oxygen atoms in total. The van der Waals surface area contributed by atoms with Crippen molar-refractivity contribution in [2.24, 2.45) is 0 Å². The summed E-state index contributed by atoms with van der Waals surface area (Å²) in [5, 5.41) is 12.5. The lowest BCUT2D eigenvalue weighted by Gasteiger charge is -2.10. The topological polar surface area (TPSA) is 105 Å². The molecule has 0 unspecified atom stereocenters. The number of hydrogen-bond acceptors (Lipinski definition) is 8. The third kappa shape index (κ3) is 4.54. The number of benzene rings is 1. The highest BCUT2D eigenvalue weighted by Gasteiger charge is 2.22. The normalized spacial score (nSPS) is 11.9. The molecule has 3 aromatic rings. The molecule has 1 aromatic carbocycles. The fourth-order valence-corrected chi connectivity index (χ4v) is 2.80. The summed E-state index contributed by atoms with van der Waals surface area (Å²) in [6.07, 6.45) is 0. The minimum atomic E-state index is -2.87. The average Bonchev–Trinajstić information content (AvgIpc) is 3.20. The van der Waals surface area contributed by atoms with Gasteiger partial charge in [-0.25, -0.2) is 4.68 Å². The van der Waals surface area contributed by atoms with Crippen LogP contribution in [0, 0.1) is 0 Å². The summed E-state index contributed by atoms with van der Waals surface area (Å²) < 4.78 is 35.3. The quantitative estimate of drug-likeness (QED) is 0.500. The zero-order valence-corrected chi connectivity index (χ0v) is 15.7. The third-order valence-electron chi connectivity index (χ3n) is 3.44. The van der Waals surface area contributed by atoms with Gasteiger partial charge in [-0.05, 0) is 24.3 Å². The first-order chi connectivity index (χ1) is 12.7. The summed E-state index contributed by atoms with van der Waals surface area (Å²) >= 11 is 1.31. The molecule has 0 spiro atoms. The van der Waals surface area contributed by atoms with E-state index in [0.29, 0.717) is 34.0 Å². The fourth-order valence-electron chi connectivity index (χ4n) is 2.10. The van der Waals surface area contributed by atoms with Crippen LogP contribution >= 0.6 is 11.8 Å².